The van der Waals surface area contributed by atoms with Gasteiger partial charge in [-0.3, -0.25) is 10.1 Å². The summed E-state index contributed by atoms with van der Waals surface area (Å²) in [6.45, 7) is 0. The van der Waals surface area contributed by atoms with Crippen LogP contribution in [0.2, 0.25) is 15.1 Å². The molecule has 1 amide bonds. The van der Waals surface area contributed by atoms with Crippen LogP contribution in [-0.2, 0) is 0 Å². The lowest BCUT2D eigenvalue weighted by molar-refractivity contribution is 0.0951. The summed E-state index contributed by atoms with van der Waals surface area (Å²) in [6, 6.07) is 21.7. The van der Waals surface area contributed by atoms with Crippen molar-refractivity contribution in [3.8, 4) is 21.9 Å². The molecular weight excluding hydrogens is 545 g/mol. The third-order valence-corrected chi connectivity index (χ3v) is 7.47. The molecule has 10 heteroatoms. The number of halogens is 3. The molecule has 5 aromatic rings. The van der Waals surface area contributed by atoms with Crippen molar-refractivity contribution >= 4 is 85.3 Å². The van der Waals surface area contributed by atoms with Crippen molar-refractivity contribution < 1.29 is 9.21 Å². The monoisotopic (exact) mass is 557 g/mol. The normalized spacial score (nSPS) is 10.9. The second-order valence-corrected chi connectivity index (χ2v) is 9.99. The first-order chi connectivity index (χ1) is 16.9. The number of anilines is 1. The third kappa shape index (κ3) is 5.05. The average molecular weight is 559 g/mol. The number of fused-ring (bicyclic) bond motifs is 1. The minimum absolute atomic E-state index is 0.0644. The van der Waals surface area contributed by atoms with Gasteiger partial charge >= 0.3 is 0 Å². The minimum Gasteiger partial charge on any atom is -0.451 e. The highest BCUT2D eigenvalue weighted by Crippen LogP contribution is 2.35. The number of amides is 1. The van der Waals surface area contributed by atoms with Gasteiger partial charge in [0.15, 0.2) is 10.9 Å². The van der Waals surface area contributed by atoms with Crippen LogP contribution in [-0.4, -0.2) is 16.0 Å². The molecule has 0 aliphatic heterocycles. The van der Waals surface area contributed by atoms with Gasteiger partial charge in [-0.2, -0.15) is 0 Å². The van der Waals surface area contributed by atoms with Gasteiger partial charge in [0.2, 0.25) is 0 Å². The van der Waals surface area contributed by atoms with Crippen LogP contribution < -0.4 is 10.6 Å². The van der Waals surface area contributed by atoms with E-state index in [0.29, 0.717) is 32.1 Å². The lowest BCUT2D eigenvalue weighted by Crippen LogP contribution is -2.34. The van der Waals surface area contributed by atoms with Crippen LogP contribution in [0.15, 0.2) is 77.2 Å². The zero-order valence-corrected chi connectivity index (χ0v) is 21.5. The van der Waals surface area contributed by atoms with E-state index in [1.165, 1.54) is 6.07 Å². The Kier molecular flexibility index (Phi) is 6.77. The SMILES string of the molecule is O=C(NC(=S)Nc1cc(-c2nc3ccccc3s2)ccc1Cl)c1ccc(-c2cccc(Cl)c2Cl)o1. The van der Waals surface area contributed by atoms with Crippen LogP contribution in [0, 0.1) is 0 Å². The zero-order chi connectivity index (χ0) is 24.5. The molecule has 0 saturated carbocycles. The number of hydrogen-bond donors (Lipinski definition) is 2. The molecule has 0 atom stereocenters. The Morgan fingerprint density at radius 2 is 1.77 bits per heavy atom. The summed E-state index contributed by atoms with van der Waals surface area (Å²) in [5.41, 5.74) is 2.93. The number of nitrogens with one attached hydrogen (secondary N) is 2. The first kappa shape index (κ1) is 23.8. The highest BCUT2D eigenvalue weighted by atomic mass is 35.5. The number of benzene rings is 3. The molecule has 0 fully saturated rings. The molecule has 0 bridgehead atoms. The molecule has 5 rings (SSSR count). The zero-order valence-electron chi connectivity index (χ0n) is 17.6. The Balaban J connectivity index is 1.30. The van der Waals surface area contributed by atoms with Crippen molar-refractivity contribution in [1.29, 1.82) is 0 Å². The average Bonchev–Trinajstić information content (AvgIpc) is 3.50. The van der Waals surface area contributed by atoms with E-state index in [1.54, 1.807) is 41.7 Å². The fourth-order valence-corrected chi connectivity index (χ4v) is 5.09. The summed E-state index contributed by atoms with van der Waals surface area (Å²) in [7, 11) is 0. The fourth-order valence-electron chi connectivity index (χ4n) is 3.37. The number of carbonyl (C=O) groups is 1. The summed E-state index contributed by atoms with van der Waals surface area (Å²) in [6.07, 6.45) is 0. The molecular formula is C25H14Cl3N3O2S2. The molecule has 2 aromatic heterocycles. The van der Waals surface area contributed by atoms with Gasteiger partial charge in [-0.1, -0.05) is 59.1 Å². The molecule has 2 heterocycles. The van der Waals surface area contributed by atoms with Crippen molar-refractivity contribution in [3.05, 3.63) is 93.6 Å². The number of nitrogens with zero attached hydrogens (tertiary/aromatic N) is 1. The number of thiazole rings is 1. The summed E-state index contributed by atoms with van der Waals surface area (Å²) < 4.78 is 6.76. The van der Waals surface area contributed by atoms with Gasteiger partial charge in [0.05, 0.1) is 31.0 Å². The maximum atomic E-state index is 12.7. The lowest BCUT2D eigenvalue weighted by atomic mass is 10.2. The van der Waals surface area contributed by atoms with E-state index in [-0.39, 0.29) is 10.9 Å². The van der Waals surface area contributed by atoms with Gasteiger partial charge in [-0.15, -0.1) is 11.3 Å². The van der Waals surface area contributed by atoms with Crippen molar-refractivity contribution in [2.75, 3.05) is 5.32 Å². The minimum atomic E-state index is -0.523. The van der Waals surface area contributed by atoms with Gasteiger partial charge < -0.3 is 9.73 Å². The quantitative estimate of drug-likeness (QED) is 0.217. The molecule has 5 nitrogen and oxygen atoms in total. The molecule has 0 saturated heterocycles. The van der Waals surface area contributed by atoms with E-state index in [2.05, 4.69) is 15.6 Å². The van der Waals surface area contributed by atoms with Crippen LogP contribution >= 0.6 is 58.4 Å². The maximum absolute atomic E-state index is 12.7. The molecule has 0 spiro atoms. The Hall–Kier alpha value is -2.94. The summed E-state index contributed by atoms with van der Waals surface area (Å²) in [5, 5.41) is 7.67. The lowest BCUT2D eigenvalue weighted by Gasteiger charge is -2.11. The number of furan rings is 1. The highest BCUT2D eigenvalue weighted by molar-refractivity contribution is 7.80. The maximum Gasteiger partial charge on any atom is 0.293 e. The number of rotatable bonds is 4. The van der Waals surface area contributed by atoms with Crippen molar-refractivity contribution in [3.63, 3.8) is 0 Å². The summed E-state index contributed by atoms with van der Waals surface area (Å²) >= 11 is 25.6. The fraction of sp³-hybridized carbons (Fsp3) is 0. The largest absolute Gasteiger partial charge is 0.451 e. The van der Waals surface area contributed by atoms with E-state index in [1.807, 2.05) is 36.4 Å². The van der Waals surface area contributed by atoms with E-state index < -0.39 is 5.91 Å². The molecule has 2 N–H and O–H groups in total. The highest BCUT2D eigenvalue weighted by Gasteiger charge is 2.17. The smallest absolute Gasteiger partial charge is 0.293 e. The first-order valence-electron chi connectivity index (χ1n) is 10.2. The van der Waals surface area contributed by atoms with Crippen LogP contribution in [0.5, 0.6) is 0 Å². The van der Waals surface area contributed by atoms with E-state index >= 15 is 0 Å². The number of thiocarbonyl (C=S) groups is 1. The molecule has 0 unspecified atom stereocenters. The number of aromatic nitrogens is 1. The standard InChI is InChI=1S/C25H14Cl3N3O2S2/c26-15-9-8-13(24-29-17-6-1-2-7-21(17)35-24)12-18(15)30-25(34)31-23(32)20-11-10-19(33-20)14-4-3-5-16(27)22(14)28/h1-12H,(H2,30,31,32,34). The van der Waals surface area contributed by atoms with Gasteiger partial charge in [-0.25, -0.2) is 4.98 Å². The molecule has 174 valence electrons. The third-order valence-electron chi connectivity index (χ3n) is 5.03. The van der Waals surface area contributed by atoms with Gasteiger partial charge in [0.25, 0.3) is 5.91 Å². The van der Waals surface area contributed by atoms with Crippen LogP contribution in [0.4, 0.5) is 5.69 Å². The second kappa shape index (κ2) is 9.97. The van der Waals surface area contributed by atoms with E-state index in [0.717, 1.165) is 20.8 Å². The van der Waals surface area contributed by atoms with Gasteiger partial charge in [0, 0.05) is 11.1 Å². The van der Waals surface area contributed by atoms with Crippen molar-refractivity contribution in [2.24, 2.45) is 0 Å². The first-order valence-corrected chi connectivity index (χ1v) is 12.6. The number of para-hydroxylation sites is 1. The Bertz CT molecular complexity index is 1560. The Labute approximate surface area is 224 Å². The summed E-state index contributed by atoms with van der Waals surface area (Å²) in [4.78, 5) is 17.4. The van der Waals surface area contributed by atoms with E-state index in [9.17, 15) is 4.79 Å². The Morgan fingerprint density at radius 3 is 2.60 bits per heavy atom. The summed E-state index contributed by atoms with van der Waals surface area (Å²) in [5.74, 6) is -0.0482. The number of hydrogen-bond acceptors (Lipinski definition) is 5. The predicted molar refractivity (Wildman–Crippen MR) is 148 cm³/mol. The number of carbonyl (C=O) groups excluding carboxylic acids is 1. The van der Waals surface area contributed by atoms with Crippen LogP contribution in [0.1, 0.15) is 10.6 Å². The van der Waals surface area contributed by atoms with Crippen LogP contribution in [0.25, 0.3) is 32.1 Å². The molecule has 3 aromatic carbocycles. The van der Waals surface area contributed by atoms with Gasteiger partial charge in [-0.05, 0) is 60.7 Å². The molecule has 0 radical (unpaired) electrons. The molecule has 0 aliphatic carbocycles. The Morgan fingerprint density at radius 1 is 0.943 bits per heavy atom. The van der Waals surface area contributed by atoms with E-state index in [4.69, 9.17) is 51.4 Å². The van der Waals surface area contributed by atoms with Crippen molar-refractivity contribution in [1.82, 2.24) is 10.3 Å². The molecule has 0 aliphatic rings. The molecule has 35 heavy (non-hydrogen) atoms. The van der Waals surface area contributed by atoms with Crippen LogP contribution in [0.3, 0.4) is 0 Å². The van der Waals surface area contributed by atoms with Gasteiger partial charge in [0.1, 0.15) is 10.8 Å². The second-order valence-electron chi connectivity index (χ2n) is 7.35. The van der Waals surface area contributed by atoms with Crippen molar-refractivity contribution in [2.45, 2.75) is 0 Å². The topological polar surface area (TPSA) is 67.2 Å². The predicted octanol–water partition coefficient (Wildman–Crippen LogP) is 8.31.